The minimum Gasteiger partial charge on any atom is -0.450 e. The topological polar surface area (TPSA) is 68.5 Å². The number of alkyl halides is 3. The molecule has 0 fully saturated rings. The number of rotatable bonds is 4. The Bertz CT molecular complexity index is 858. The first-order chi connectivity index (χ1) is 12.2. The quantitative estimate of drug-likeness (QED) is 0.473. The zero-order chi connectivity index (χ0) is 19.1. The van der Waals surface area contributed by atoms with E-state index < -0.39 is 29.8 Å². The summed E-state index contributed by atoms with van der Waals surface area (Å²) in [5.41, 5.74) is 0.224. The minimum atomic E-state index is -4.47. The van der Waals surface area contributed by atoms with Crippen LogP contribution in [0.2, 0.25) is 0 Å². The molecule has 138 valence electrons. The molecule has 1 N–H and O–H groups in total. The highest BCUT2D eigenvalue weighted by Gasteiger charge is 2.33. The van der Waals surface area contributed by atoms with Crippen LogP contribution in [0.4, 0.5) is 18.0 Å². The van der Waals surface area contributed by atoms with Gasteiger partial charge in [0.25, 0.3) is 0 Å². The summed E-state index contributed by atoms with van der Waals surface area (Å²) in [6.07, 6.45) is -4.35. The largest absolute Gasteiger partial charge is 0.506 e. The Morgan fingerprint density at radius 2 is 1.92 bits per heavy atom. The van der Waals surface area contributed by atoms with Gasteiger partial charge < -0.3 is 14.4 Å². The van der Waals surface area contributed by atoms with Crippen molar-refractivity contribution in [2.75, 3.05) is 6.26 Å². The van der Waals surface area contributed by atoms with Crippen LogP contribution in [0.5, 0.6) is 0 Å². The molecule has 1 atom stereocenters. The number of carbonyl (C=O) groups is 2. The van der Waals surface area contributed by atoms with Crippen molar-refractivity contribution in [1.29, 1.82) is 0 Å². The monoisotopic (exact) mass is 385 g/mol. The van der Waals surface area contributed by atoms with Gasteiger partial charge in [0.15, 0.2) is 0 Å². The van der Waals surface area contributed by atoms with E-state index in [2.05, 4.69) is 0 Å². The summed E-state index contributed by atoms with van der Waals surface area (Å²) in [5, 5.41) is 8.82. The number of carbonyl (C=O) groups excluding carboxylic acids is 1. The molecule has 0 amide bonds. The summed E-state index contributed by atoms with van der Waals surface area (Å²) in [6.45, 7) is 0.398. The van der Waals surface area contributed by atoms with E-state index in [0.29, 0.717) is 29.2 Å². The van der Waals surface area contributed by atoms with Crippen LogP contribution in [0.15, 0.2) is 35.2 Å². The van der Waals surface area contributed by atoms with E-state index in [-0.39, 0.29) is 5.56 Å². The second kappa shape index (κ2) is 6.71. The van der Waals surface area contributed by atoms with E-state index >= 15 is 0 Å². The maximum Gasteiger partial charge on any atom is 0.506 e. The molecular weight excluding hydrogens is 371 g/mol. The van der Waals surface area contributed by atoms with Crippen LogP contribution in [0.3, 0.4) is 0 Å². The average Bonchev–Trinajstić information content (AvgIpc) is 3.12. The van der Waals surface area contributed by atoms with Gasteiger partial charge in [-0.3, -0.25) is 4.79 Å². The van der Waals surface area contributed by atoms with Crippen molar-refractivity contribution in [1.82, 2.24) is 4.57 Å². The molecule has 9 heteroatoms. The SMILES string of the molecule is CSc1cc2n(c1C(=O)c1ccc(C(F)(F)F)cc1)CCC2OC(=O)O. The average molecular weight is 385 g/mol. The van der Waals surface area contributed by atoms with Crippen LogP contribution in [0.1, 0.15) is 39.8 Å². The van der Waals surface area contributed by atoms with Crippen LogP contribution in [-0.2, 0) is 17.5 Å². The molecule has 2 heterocycles. The van der Waals surface area contributed by atoms with E-state index in [9.17, 15) is 22.8 Å². The molecule has 1 aliphatic heterocycles. The van der Waals surface area contributed by atoms with E-state index in [1.54, 1.807) is 16.9 Å². The van der Waals surface area contributed by atoms with Crippen molar-refractivity contribution in [2.45, 2.75) is 30.1 Å². The molecule has 0 saturated carbocycles. The smallest absolute Gasteiger partial charge is 0.450 e. The summed E-state index contributed by atoms with van der Waals surface area (Å²) in [6, 6.07) is 5.74. The fourth-order valence-corrected chi connectivity index (χ4v) is 3.66. The van der Waals surface area contributed by atoms with Gasteiger partial charge in [0.2, 0.25) is 5.78 Å². The molecule has 0 saturated heterocycles. The number of aromatic nitrogens is 1. The second-order valence-electron chi connectivity index (χ2n) is 5.70. The fraction of sp³-hybridized carbons (Fsp3) is 0.294. The fourth-order valence-electron chi connectivity index (χ4n) is 3.02. The number of hydrogen-bond acceptors (Lipinski definition) is 4. The number of halogens is 3. The van der Waals surface area contributed by atoms with Crippen molar-refractivity contribution in [3.05, 3.63) is 52.8 Å². The Hall–Kier alpha value is -2.42. The molecule has 3 rings (SSSR count). The molecule has 0 aliphatic carbocycles. The number of benzene rings is 1. The standard InChI is InChI=1S/C17H14F3NO4S/c1-26-13-8-11-12(25-16(23)24)6-7-21(11)14(13)15(22)9-2-4-10(5-3-9)17(18,19)20/h2-5,8,12H,6-7H2,1H3,(H,23,24). The Balaban J connectivity index is 1.96. The van der Waals surface area contributed by atoms with Gasteiger partial charge in [-0.2, -0.15) is 13.2 Å². The van der Waals surface area contributed by atoms with E-state index in [4.69, 9.17) is 9.84 Å². The third-order valence-corrected chi connectivity index (χ3v) is 4.94. The van der Waals surface area contributed by atoms with Crippen LogP contribution < -0.4 is 0 Å². The summed E-state index contributed by atoms with van der Waals surface area (Å²) in [5.74, 6) is -0.412. The van der Waals surface area contributed by atoms with E-state index in [1.807, 2.05) is 0 Å². The van der Waals surface area contributed by atoms with Gasteiger partial charge >= 0.3 is 12.3 Å². The predicted molar refractivity (Wildman–Crippen MR) is 87.6 cm³/mol. The molecule has 5 nitrogen and oxygen atoms in total. The van der Waals surface area contributed by atoms with Gasteiger partial charge in [0.1, 0.15) is 11.8 Å². The first kappa shape index (κ1) is 18.4. The van der Waals surface area contributed by atoms with Gasteiger partial charge in [-0.25, -0.2) is 4.79 Å². The van der Waals surface area contributed by atoms with Crippen LogP contribution in [-0.4, -0.2) is 27.9 Å². The lowest BCUT2D eigenvalue weighted by Crippen LogP contribution is -2.11. The second-order valence-corrected chi connectivity index (χ2v) is 6.55. The summed E-state index contributed by atoms with van der Waals surface area (Å²) in [4.78, 5) is 24.3. The van der Waals surface area contributed by atoms with Gasteiger partial charge in [0, 0.05) is 23.4 Å². The molecule has 1 unspecified atom stereocenters. The molecule has 1 aliphatic rings. The lowest BCUT2D eigenvalue weighted by molar-refractivity contribution is -0.137. The molecule has 1 aromatic heterocycles. The van der Waals surface area contributed by atoms with Crippen molar-refractivity contribution in [3.63, 3.8) is 0 Å². The molecule has 0 radical (unpaired) electrons. The van der Waals surface area contributed by atoms with Crippen molar-refractivity contribution >= 4 is 23.7 Å². The number of hydrogen-bond donors (Lipinski definition) is 1. The maximum absolute atomic E-state index is 12.9. The van der Waals surface area contributed by atoms with Gasteiger partial charge in [-0.1, -0.05) is 12.1 Å². The normalized spacial score (nSPS) is 16.4. The van der Waals surface area contributed by atoms with Crippen molar-refractivity contribution in [3.8, 4) is 0 Å². The Labute approximate surface area is 150 Å². The van der Waals surface area contributed by atoms with E-state index in [1.165, 1.54) is 11.8 Å². The number of fused-ring (bicyclic) bond motifs is 1. The Morgan fingerprint density at radius 1 is 1.27 bits per heavy atom. The van der Waals surface area contributed by atoms with Crippen LogP contribution in [0, 0.1) is 0 Å². The Kier molecular flexibility index (Phi) is 4.74. The van der Waals surface area contributed by atoms with E-state index in [0.717, 1.165) is 24.3 Å². The summed E-state index contributed by atoms with van der Waals surface area (Å²) >= 11 is 1.31. The zero-order valence-corrected chi connectivity index (χ0v) is 14.4. The van der Waals surface area contributed by atoms with Gasteiger partial charge in [-0.15, -0.1) is 11.8 Å². The minimum absolute atomic E-state index is 0.136. The molecule has 0 spiro atoms. The lowest BCUT2D eigenvalue weighted by atomic mass is 10.1. The molecule has 0 bridgehead atoms. The summed E-state index contributed by atoms with van der Waals surface area (Å²) in [7, 11) is 0. The van der Waals surface area contributed by atoms with Gasteiger partial charge in [0.05, 0.1) is 11.3 Å². The van der Waals surface area contributed by atoms with Gasteiger partial charge in [-0.05, 0) is 24.5 Å². The number of ketones is 1. The number of nitrogens with zero attached hydrogens (tertiary/aromatic N) is 1. The molecule has 2 aromatic rings. The maximum atomic E-state index is 12.9. The highest BCUT2D eigenvalue weighted by molar-refractivity contribution is 7.98. The lowest BCUT2D eigenvalue weighted by Gasteiger charge is -2.09. The predicted octanol–water partition coefficient (Wildman–Crippen LogP) is 4.60. The third kappa shape index (κ3) is 3.31. The number of carboxylic acid groups (broad SMARTS) is 1. The highest BCUT2D eigenvalue weighted by atomic mass is 32.2. The highest BCUT2D eigenvalue weighted by Crippen LogP contribution is 2.38. The van der Waals surface area contributed by atoms with Crippen LogP contribution in [0.25, 0.3) is 0 Å². The number of thioether (sulfide) groups is 1. The Morgan fingerprint density at radius 3 is 2.46 bits per heavy atom. The van der Waals surface area contributed by atoms with Crippen LogP contribution >= 0.6 is 11.8 Å². The third-order valence-electron chi connectivity index (χ3n) is 4.19. The molecule has 26 heavy (non-hydrogen) atoms. The summed E-state index contributed by atoms with van der Waals surface area (Å²) < 4.78 is 44.6. The molecule has 1 aromatic carbocycles. The van der Waals surface area contributed by atoms with Crippen molar-refractivity contribution in [2.24, 2.45) is 0 Å². The zero-order valence-electron chi connectivity index (χ0n) is 13.5. The first-order valence-electron chi connectivity index (χ1n) is 7.61. The molecular formula is C17H14F3NO4S. The number of ether oxygens (including phenoxy) is 1. The first-order valence-corrected chi connectivity index (χ1v) is 8.83. The van der Waals surface area contributed by atoms with Crippen molar-refractivity contribution < 1.29 is 32.6 Å².